The zero-order chi connectivity index (χ0) is 14.4. The Balaban J connectivity index is 1.73. The molecular formula is C15H21FN2O2. The van der Waals surface area contributed by atoms with E-state index in [-0.39, 0.29) is 5.78 Å². The summed E-state index contributed by atoms with van der Waals surface area (Å²) >= 11 is 0. The van der Waals surface area contributed by atoms with Crippen LogP contribution in [0.1, 0.15) is 29.8 Å². The summed E-state index contributed by atoms with van der Waals surface area (Å²) < 4.78 is 17.9. The molecule has 0 saturated carbocycles. The van der Waals surface area contributed by atoms with Crippen LogP contribution in [-0.4, -0.2) is 49.0 Å². The third kappa shape index (κ3) is 4.35. The lowest BCUT2D eigenvalue weighted by Crippen LogP contribution is -2.36. The van der Waals surface area contributed by atoms with E-state index in [4.69, 9.17) is 4.74 Å². The van der Waals surface area contributed by atoms with Crippen molar-refractivity contribution in [2.45, 2.75) is 19.3 Å². The number of Topliss-reactive ketones (excluding diaryl/α,β-unsaturated/α-hetero) is 1. The van der Waals surface area contributed by atoms with Gasteiger partial charge in [-0.3, -0.25) is 9.78 Å². The molecule has 1 aliphatic rings. The maximum atomic E-state index is 12.7. The Kier molecular flexibility index (Phi) is 5.61. The number of carbonyl (C=O) groups excluding carboxylic acids is 1. The molecule has 0 atom stereocenters. The Hall–Kier alpha value is -1.33. The highest BCUT2D eigenvalue weighted by molar-refractivity contribution is 5.94. The van der Waals surface area contributed by atoms with Gasteiger partial charge in [0.15, 0.2) is 5.78 Å². The number of rotatable bonds is 6. The van der Waals surface area contributed by atoms with Gasteiger partial charge in [-0.2, -0.15) is 0 Å². The summed E-state index contributed by atoms with van der Waals surface area (Å²) in [5, 5.41) is 0. The SMILES string of the molecule is COCC1CCN(CCC(=O)c2ccc(F)cn2)CC1. The van der Waals surface area contributed by atoms with Gasteiger partial charge in [-0.1, -0.05) is 0 Å². The van der Waals surface area contributed by atoms with E-state index in [0.29, 0.717) is 18.0 Å². The lowest BCUT2D eigenvalue weighted by atomic mass is 9.97. The van der Waals surface area contributed by atoms with Gasteiger partial charge in [0, 0.05) is 26.7 Å². The van der Waals surface area contributed by atoms with E-state index >= 15 is 0 Å². The minimum absolute atomic E-state index is 0.0241. The van der Waals surface area contributed by atoms with Crippen molar-refractivity contribution in [3.8, 4) is 0 Å². The van der Waals surface area contributed by atoms with E-state index in [9.17, 15) is 9.18 Å². The first-order chi connectivity index (χ1) is 9.69. The fourth-order valence-electron chi connectivity index (χ4n) is 2.54. The van der Waals surface area contributed by atoms with E-state index in [1.807, 2.05) is 0 Å². The first kappa shape index (κ1) is 15.1. The van der Waals surface area contributed by atoms with Gasteiger partial charge in [0.25, 0.3) is 0 Å². The molecule has 0 unspecified atom stereocenters. The molecule has 1 aromatic heterocycles. The van der Waals surface area contributed by atoms with Crippen molar-refractivity contribution < 1.29 is 13.9 Å². The van der Waals surface area contributed by atoms with Gasteiger partial charge >= 0.3 is 0 Å². The van der Waals surface area contributed by atoms with Gasteiger partial charge < -0.3 is 9.64 Å². The molecule has 0 N–H and O–H groups in total. The second kappa shape index (κ2) is 7.45. The van der Waals surface area contributed by atoms with Gasteiger partial charge in [-0.25, -0.2) is 4.39 Å². The van der Waals surface area contributed by atoms with Crippen LogP contribution in [0.5, 0.6) is 0 Å². The maximum absolute atomic E-state index is 12.7. The van der Waals surface area contributed by atoms with Crippen LogP contribution in [0.25, 0.3) is 0 Å². The number of hydrogen-bond acceptors (Lipinski definition) is 4. The van der Waals surface area contributed by atoms with E-state index in [0.717, 1.165) is 45.3 Å². The minimum atomic E-state index is -0.415. The topological polar surface area (TPSA) is 42.4 Å². The van der Waals surface area contributed by atoms with Crippen LogP contribution in [0.3, 0.4) is 0 Å². The van der Waals surface area contributed by atoms with Crippen LogP contribution in [0.15, 0.2) is 18.3 Å². The number of nitrogens with zero attached hydrogens (tertiary/aromatic N) is 2. The van der Waals surface area contributed by atoms with E-state index in [1.165, 1.54) is 12.1 Å². The molecule has 5 heteroatoms. The van der Waals surface area contributed by atoms with E-state index in [1.54, 1.807) is 7.11 Å². The fraction of sp³-hybridized carbons (Fsp3) is 0.600. The molecular weight excluding hydrogens is 259 g/mol. The molecule has 110 valence electrons. The number of ether oxygens (including phenoxy) is 1. The van der Waals surface area contributed by atoms with Gasteiger partial charge in [0.1, 0.15) is 11.5 Å². The number of likely N-dealkylation sites (tertiary alicyclic amines) is 1. The second-order valence-electron chi connectivity index (χ2n) is 5.28. The highest BCUT2D eigenvalue weighted by Gasteiger charge is 2.19. The smallest absolute Gasteiger partial charge is 0.182 e. The number of piperidine rings is 1. The van der Waals surface area contributed by atoms with Crippen LogP contribution in [-0.2, 0) is 4.74 Å². The van der Waals surface area contributed by atoms with Gasteiger partial charge in [0.2, 0.25) is 0 Å². The molecule has 0 spiro atoms. The summed E-state index contributed by atoms with van der Waals surface area (Å²) in [5.41, 5.74) is 0.348. The lowest BCUT2D eigenvalue weighted by Gasteiger charge is -2.31. The highest BCUT2D eigenvalue weighted by atomic mass is 19.1. The molecule has 20 heavy (non-hydrogen) atoms. The Morgan fingerprint density at radius 2 is 2.20 bits per heavy atom. The van der Waals surface area contributed by atoms with Crippen LogP contribution in [0.2, 0.25) is 0 Å². The number of pyridine rings is 1. The zero-order valence-electron chi connectivity index (χ0n) is 11.8. The summed E-state index contributed by atoms with van der Waals surface area (Å²) in [4.78, 5) is 18.1. The maximum Gasteiger partial charge on any atom is 0.182 e. The predicted octanol–water partition coefficient (Wildman–Crippen LogP) is 2.15. The second-order valence-corrected chi connectivity index (χ2v) is 5.28. The summed E-state index contributed by atoms with van der Waals surface area (Å²) in [6.45, 7) is 3.60. The average Bonchev–Trinajstić information content (AvgIpc) is 2.47. The summed E-state index contributed by atoms with van der Waals surface area (Å²) in [7, 11) is 1.74. The molecule has 2 heterocycles. The van der Waals surface area contributed by atoms with Crippen molar-refractivity contribution >= 4 is 5.78 Å². The third-order valence-electron chi connectivity index (χ3n) is 3.78. The average molecular weight is 280 g/mol. The summed E-state index contributed by atoms with van der Waals surface area (Å²) in [6.07, 6.45) is 3.77. The standard InChI is InChI=1S/C15H21FN2O2/c1-20-11-12-4-7-18(8-5-12)9-6-15(19)14-3-2-13(16)10-17-14/h2-3,10,12H,4-9,11H2,1H3. The first-order valence-electron chi connectivity index (χ1n) is 7.05. The van der Waals surface area contributed by atoms with Crippen LogP contribution >= 0.6 is 0 Å². The van der Waals surface area contributed by atoms with Gasteiger partial charge in [-0.15, -0.1) is 0 Å². The molecule has 4 nitrogen and oxygen atoms in total. The molecule has 0 bridgehead atoms. The van der Waals surface area contributed by atoms with Crippen LogP contribution < -0.4 is 0 Å². The quantitative estimate of drug-likeness (QED) is 0.749. The normalized spacial score (nSPS) is 17.3. The predicted molar refractivity (Wildman–Crippen MR) is 74.2 cm³/mol. The van der Waals surface area contributed by atoms with Crippen molar-refractivity contribution in [3.63, 3.8) is 0 Å². The number of hydrogen-bond donors (Lipinski definition) is 0. The number of ketones is 1. The molecule has 2 rings (SSSR count). The van der Waals surface area contributed by atoms with Crippen molar-refractivity contribution in [1.82, 2.24) is 9.88 Å². The molecule has 0 aliphatic carbocycles. The number of aromatic nitrogens is 1. The monoisotopic (exact) mass is 280 g/mol. The van der Waals surface area contributed by atoms with Gasteiger partial charge in [-0.05, 0) is 44.0 Å². The molecule has 1 aliphatic heterocycles. The van der Waals surface area contributed by atoms with Crippen LogP contribution in [0, 0.1) is 11.7 Å². The van der Waals surface area contributed by atoms with Gasteiger partial charge in [0.05, 0.1) is 6.20 Å². The largest absolute Gasteiger partial charge is 0.384 e. The van der Waals surface area contributed by atoms with E-state index in [2.05, 4.69) is 9.88 Å². The Bertz CT molecular complexity index is 428. The van der Waals surface area contributed by atoms with E-state index < -0.39 is 5.82 Å². The molecule has 0 aromatic carbocycles. The van der Waals surface area contributed by atoms with Crippen molar-refractivity contribution in [1.29, 1.82) is 0 Å². The molecule has 1 aromatic rings. The molecule has 0 amide bonds. The van der Waals surface area contributed by atoms with Crippen LogP contribution in [0.4, 0.5) is 4.39 Å². The highest BCUT2D eigenvalue weighted by Crippen LogP contribution is 2.17. The Labute approximate surface area is 118 Å². The lowest BCUT2D eigenvalue weighted by molar-refractivity contribution is 0.0880. The fourth-order valence-corrected chi connectivity index (χ4v) is 2.54. The summed E-state index contributed by atoms with van der Waals surface area (Å²) in [6, 6.07) is 2.72. The molecule has 0 radical (unpaired) electrons. The third-order valence-corrected chi connectivity index (χ3v) is 3.78. The van der Waals surface area contributed by atoms with Crippen molar-refractivity contribution in [2.75, 3.05) is 33.4 Å². The summed E-state index contributed by atoms with van der Waals surface area (Å²) in [5.74, 6) is 0.205. The Morgan fingerprint density at radius 1 is 1.45 bits per heavy atom. The first-order valence-corrected chi connectivity index (χ1v) is 7.05. The zero-order valence-corrected chi connectivity index (χ0v) is 11.8. The van der Waals surface area contributed by atoms with Crippen molar-refractivity contribution in [3.05, 3.63) is 29.8 Å². The minimum Gasteiger partial charge on any atom is -0.384 e. The molecule has 1 fully saturated rings. The Morgan fingerprint density at radius 3 is 2.80 bits per heavy atom. The number of methoxy groups -OCH3 is 1. The number of carbonyl (C=O) groups is 1. The molecule has 1 saturated heterocycles. The number of halogens is 1. The van der Waals surface area contributed by atoms with Crippen molar-refractivity contribution in [2.24, 2.45) is 5.92 Å².